The van der Waals surface area contributed by atoms with Crippen LogP contribution in [0.15, 0.2) is 35.2 Å². The third kappa shape index (κ3) is 4.50. The molecule has 0 aliphatic carbocycles. The predicted octanol–water partition coefficient (Wildman–Crippen LogP) is 3.36. The molecule has 5 nitrogen and oxygen atoms in total. The summed E-state index contributed by atoms with van der Waals surface area (Å²) >= 11 is 3.31. The maximum atomic E-state index is 12.5. The van der Waals surface area contributed by atoms with Crippen LogP contribution in [0.1, 0.15) is 23.2 Å². The minimum Gasteiger partial charge on any atom is -0.435 e. The highest BCUT2D eigenvalue weighted by molar-refractivity contribution is 9.10. The number of alkyl halides is 2. The summed E-state index contributed by atoms with van der Waals surface area (Å²) in [7, 11) is 0. The van der Waals surface area contributed by atoms with Crippen molar-refractivity contribution in [1.82, 2.24) is 14.9 Å². The first kappa shape index (κ1) is 17.7. The lowest BCUT2D eigenvalue weighted by Gasteiger charge is -2.28. The molecule has 3 rings (SSSR count). The molecule has 1 aromatic heterocycles. The van der Waals surface area contributed by atoms with Crippen LogP contribution in [0.4, 0.5) is 8.78 Å². The van der Waals surface area contributed by atoms with E-state index in [1.807, 2.05) is 0 Å². The predicted molar refractivity (Wildman–Crippen MR) is 90.2 cm³/mol. The molecule has 2 heterocycles. The van der Waals surface area contributed by atoms with Gasteiger partial charge in [-0.3, -0.25) is 4.79 Å². The first-order valence-electron chi connectivity index (χ1n) is 7.81. The highest BCUT2D eigenvalue weighted by Crippen LogP contribution is 2.26. The highest BCUT2D eigenvalue weighted by Gasteiger charge is 2.22. The van der Waals surface area contributed by atoms with Crippen LogP contribution >= 0.6 is 15.9 Å². The summed E-state index contributed by atoms with van der Waals surface area (Å²) in [6.07, 6.45) is 4.48. The molecule has 1 aliphatic rings. The number of rotatable bonds is 5. The molecule has 0 fully saturated rings. The van der Waals surface area contributed by atoms with E-state index in [1.165, 1.54) is 12.4 Å². The number of fused-ring (bicyclic) bond motifs is 1. The SMILES string of the molecule is O=C(CCc1cc(Br)ccc1OC(F)F)N1CCc2ncncc2C1. The minimum atomic E-state index is -2.89. The van der Waals surface area contributed by atoms with Crippen LogP contribution in [0.2, 0.25) is 0 Å². The molecule has 0 N–H and O–H groups in total. The first-order chi connectivity index (χ1) is 12.0. The monoisotopic (exact) mass is 411 g/mol. The Labute approximate surface area is 152 Å². The van der Waals surface area contributed by atoms with Gasteiger partial charge in [-0.15, -0.1) is 0 Å². The van der Waals surface area contributed by atoms with Crippen molar-refractivity contribution in [1.29, 1.82) is 0 Å². The fourth-order valence-corrected chi connectivity index (χ4v) is 3.24. The van der Waals surface area contributed by atoms with Crippen LogP contribution in [0.3, 0.4) is 0 Å². The first-order valence-corrected chi connectivity index (χ1v) is 8.61. The van der Waals surface area contributed by atoms with Gasteiger partial charge in [0.25, 0.3) is 0 Å². The lowest BCUT2D eigenvalue weighted by molar-refractivity contribution is -0.132. The van der Waals surface area contributed by atoms with Gasteiger partial charge in [0.15, 0.2) is 0 Å². The van der Waals surface area contributed by atoms with Crippen molar-refractivity contribution < 1.29 is 18.3 Å². The van der Waals surface area contributed by atoms with Crippen LogP contribution < -0.4 is 4.74 Å². The molecule has 132 valence electrons. The number of aromatic nitrogens is 2. The molecule has 2 aromatic rings. The fraction of sp³-hybridized carbons (Fsp3) is 0.353. The van der Waals surface area contributed by atoms with Gasteiger partial charge in [-0.05, 0) is 30.2 Å². The van der Waals surface area contributed by atoms with Gasteiger partial charge in [0.1, 0.15) is 12.1 Å². The molecule has 1 amide bonds. The summed E-state index contributed by atoms with van der Waals surface area (Å²) in [6.45, 7) is -1.82. The number of aryl methyl sites for hydroxylation is 1. The van der Waals surface area contributed by atoms with Crippen molar-refractivity contribution in [3.8, 4) is 5.75 Å². The van der Waals surface area contributed by atoms with E-state index in [2.05, 4.69) is 30.6 Å². The molecule has 0 bridgehead atoms. The van der Waals surface area contributed by atoms with Gasteiger partial charge in [0, 0.05) is 42.2 Å². The van der Waals surface area contributed by atoms with Crippen molar-refractivity contribution in [2.45, 2.75) is 32.4 Å². The van der Waals surface area contributed by atoms with Gasteiger partial charge >= 0.3 is 6.61 Å². The second kappa shape index (κ2) is 7.86. The van der Waals surface area contributed by atoms with E-state index >= 15 is 0 Å². The van der Waals surface area contributed by atoms with Gasteiger partial charge < -0.3 is 9.64 Å². The summed E-state index contributed by atoms with van der Waals surface area (Å²) in [5.74, 6) is 0.0702. The molecule has 1 aromatic carbocycles. The number of halogens is 3. The van der Waals surface area contributed by atoms with E-state index < -0.39 is 6.61 Å². The zero-order chi connectivity index (χ0) is 17.8. The summed E-state index contributed by atoms with van der Waals surface area (Å²) in [4.78, 5) is 22.4. The minimum absolute atomic E-state index is 0.0301. The number of amides is 1. The Morgan fingerprint density at radius 3 is 3.04 bits per heavy atom. The van der Waals surface area contributed by atoms with Crippen LogP contribution in [-0.2, 0) is 24.2 Å². The number of carbonyl (C=O) groups excluding carboxylic acids is 1. The summed E-state index contributed by atoms with van der Waals surface area (Å²) in [5, 5.41) is 0. The normalized spacial score (nSPS) is 13.7. The molecule has 8 heteroatoms. The molecular weight excluding hydrogens is 396 g/mol. The lowest BCUT2D eigenvalue weighted by Crippen LogP contribution is -2.36. The van der Waals surface area contributed by atoms with Crippen molar-refractivity contribution in [2.75, 3.05) is 6.54 Å². The zero-order valence-electron chi connectivity index (χ0n) is 13.3. The van der Waals surface area contributed by atoms with Gasteiger partial charge in [-0.25, -0.2) is 9.97 Å². The smallest absolute Gasteiger partial charge is 0.387 e. The average Bonchev–Trinajstić information content (AvgIpc) is 2.60. The largest absolute Gasteiger partial charge is 0.435 e. The Kier molecular flexibility index (Phi) is 5.57. The van der Waals surface area contributed by atoms with Crippen LogP contribution in [0, 0.1) is 0 Å². The second-order valence-electron chi connectivity index (χ2n) is 5.69. The number of carbonyl (C=O) groups is 1. The van der Waals surface area contributed by atoms with Crippen molar-refractivity contribution in [3.63, 3.8) is 0 Å². The van der Waals surface area contributed by atoms with Crippen LogP contribution in [0.5, 0.6) is 5.75 Å². The Hall–Kier alpha value is -2.09. The molecule has 0 radical (unpaired) electrons. The topological polar surface area (TPSA) is 55.3 Å². The number of hydrogen-bond donors (Lipinski definition) is 0. The average molecular weight is 412 g/mol. The Morgan fingerprint density at radius 2 is 2.24 bits per heavy atom. The molecular formula is C17H16BrF2N3O2. The molecule has 0 unspecified atom stereocenters. The fourth-order valence-electron chi connectivity index (χ4n) is 2.83. The number of benzene rings is 1. The molecule has 0 saturated carbocycles. The van der Waals surface area contributed by atoms with Gasteiger partial charge in [-0.2, -0.15) is 8.78 Å². The zero-order valence-corrected chi connectivity index (χ0v) is 14.9. The summed E-state index contributed by atoms with van der Waals surface area (Å²) < 4.78 is 30.3. The van der Waals surface area contributed by atoms with E-state index in [0.717, 1.165) is 15.7 Å². The number of nitrogens with zero attached hydrogens (tertiary/aromatic N) is 3. The van der Waals surface area contributed by atoms with E-state index in [4.69, 9.17) is 0 Å². The van der Waals surface area contributed by atoms with Crippen molar-refractivity contribution >= 4 is 21.8 Å². The number of hydrogen-bond acceptors (Lipinski definition) is 4. The Morgan fingerprint density at radius 1 is 1.40 bits per heavy atom. The van der Waals surface area contributed by atoms with Crippen LogP contribution in [-0.4, -0.2) is 33.9 Å². The molecule has 0 atom stereocenters. The Bertz CT molecular complexity index is 773. The van der Waals surface area contributed by atoms with Gasteiger partial charge in [0.05, 0.1) is 5.69 Å². The maximum Gasteiger partial charge on any atom is 0.387 e. The third-order valence-corrected chi connectivity index (χ3v) is 4.55. The maximum absolute atomic E-state index is 12.5. The third-order valence-electron chi connectivity index (χ3n) is 4.06. The summed E-state index contributed by atoms with van der Waals surface area (Å²) in [5.41, 5.74) is 2.49. The Balaban J connectivity index is 1.64. The van der Waals surface area contributed by atoms with E-state index in [1.54, 1.807) is 23.2 Å². The van der Waals surface area contributed by atoms with Gasteiger partial charge in [0.2, 0.25) is 5.91 Å². The molecule has 0 spiro atoms. The van der Waals surface area contributed by atoms with Crippen molar-refractivity contribution in [3.05, 3.63) is 52.0 Å². The van der Waals surface area contributed by atoms with E-state index in [0.29, 0.717) is 31.5 Å². The highest BCUT2D eigenvalue weighted by atomic mass is 79.9. The standard InChI is InChI=1S/C17H16BrF2N3O2/c18-13-2-3-15(25-17(19)20)11(7-13)1-4-16(24)23-6-5-14-12(9-23)8-21-10-22-14/h2-3,7-8,10,17H,1,4-6,9H2. The summed E-state index contributed by atoms with van der Waals surface area (Å²) in [6, 6.07) is 4.81. The van der Waals surface area contributed by atoms with Crippen LogP contribution in [0.25, 0.3) is 0 Å². The van der Waals surface area contributed by atoms with Crippen molar-refractivity contribution in [2.24, 2.45) is 0 Å². The molecule has 25 heavy (non-hydrogen) atoms. The van der Waals surface area contributed by atoms with E-state index in [-0.39, 0.29) is 18.1 Å². The molecule has 1 aliphatic heterocycles. The number of ether oxygens (including phenoxy) is 1. The van der Waals surface area contributed by atoms with Gasteiger partial charge in [-0.1, -0.05) is 15.9 Å². The quantitative estimate of drug-likeness (QED) is 0.756. The second-order valence-corrected chi connectivity index (χ2v) is 6.61. The molecule has 0 saturated heterocycles. The lowest BCUT2D eigenvalue weighted by atomic mass is 10.0. The van der Waals surface area contributed by atoms with E-state index in [9.17, 15) is 13.6 Å².